The zero-order valence-electron chi connectivity index (χ0n) is 18.2. The maximum Gasteiger partial charge on any atom is 0.433 e. The van der Waals surface area contributed by atoms with Gasteiger partial charge in [0.2, 0.25) is 15.9 Å². The lowest BCUT2D eigenvalue weighted by atomic mass is 9.99. The summed E-state index contributed by atoms with van der Waals surface area (Å²) < 4.78 is 64.2. The zero-order valence-corrected chi connectivity index (χ0v) is 19.7. The summed E-state index contributed by atoms with van der Waals surface area (Å²) in [7, 11) is -3.52. The van der Waals surface area contributed by atoms with Crippen LogP contribution in [0.5, 0.6) is 0 Å². The monoisotopic (exact) mass is 504 g/mol. The van der Waals surface area contributed by atoms with E-state index in [4.69, 9.17) is 17.0 Å². The molecule has 2 rings (SSSR count). The van der Waals surface area contributed by atoms with Crippen LogP contribution in [-0.4, -0.2) is 31.3 Å². The van der Waals surface area contributed by atoms with Crippen LogP contribution in [0.25, 0.3) is 0 Å². The van der Waals surface area contributed by atoms with Crippen LogP contribution in [0.1, 0.15) is 55.1 Å². The highest BCUT2D eigenvalue weighted by Crippen LogP contribution is 2.29. The number of nitrogens with one attached hydrogen (secondary N) is 3. The lowest BCUT2D eigenvalue weighted by molar-refractivity contribution is -0.141. The van der Waals surface area contributed by atoms with E-state index in [2.05, 4.69) is 15.0 Å². The number of sulfonamides is 1. The molecule has 0 bridgehead atoms. The highest BCUT2D eigenvalue weighted by atomic mass is 35.5. The van der Waals surface area contributed by atoms with Crippen molar-refractivity contribution in [1.82, 2.24) is 10.3 Å². The summed E-state index contributed by atoms with van der Waals surface area (Å²) in [5, 5.41) is 10.8. The van der Waals surface area contributed by atoms with Gasteiger partial charge in [0.15, 0.2) is 0 Å². The van der Waals surface area contributed by atoms with Crippen molar-refractivity contribution in [3.63, 3.8) is 0 Å². The standard InChI is InChI=1S/C21H24ClF3N4O3S/c1-4-5-16(26)19-14(7-9-18(28-19)21(23,24)25)11-27-20(30)12(2)13-6-8-17(15(22)10-13)29-33(3,31)32/h6-10,12,26,29H,4-5,11H2,1-3H3,(H,27,30). The molecule has 0 aliphatic heterocycles. The van der Waals surface area contributed by atoms with Crippen LogP contribution < -0.4 is 10.0 Å². The molecule has 12 heteroatoms. The van der Waals surface area contributed by atoms with Gasteiger partial charge in [-0.05, 0) is 42.7 Å². The molecule has 2 aromatic rings. The fourth-order valence-corrected chi connectivity index (χ4v) is 3.86. The number of hydrogen-bond donors (Lipinski definition) is 3. The van der Waals surface area contributed by atoms with Gasteiger partial charge in [-0.1, -0.05) is 37.1 Å². The lowest BCUT2D eigenvalue weighted by Gasteiger charge is -2.17. The topological polar surface area (TPSA) is 112 Å². The smallest absolute Gasteiger partial charge is 0.351 e. The fraction of sp³-hybridized carbons (Fsp3) is 0.381. The first kappa shape index (κ1) is 26.6. The van der Waals surface area contributed by atoms with Gasteiger partial charge >= 0.3 is 6.18 Å². The van der Waals surface area contributed by atoms with E-state index in [0.29, 0.717) is 17.5 Å². The minimum atomic E-state index is -4.64. The summed E-state index contributed by atoms with van der Waals surface area (Å²) in [5.41, 5.74) is -0.251. The molecule has 1 amide bonds. The fourth-order valence-electron chi connectivity index (χ4n) is 2.99. The number of amides is 1. The number of aromatic nitrogens is 1. The second kappa shape index (κ2) is 10.5. The van der Waals surface area contributed by atoms with Crippen LogP contribution in [0.4, 0.5) is 18.9 Å². The van der Waals surface area contributed by atoms with E-state index in [0.717, 1.165) is 12.3 Å². The molecule has 0 spiro atoms. The molecular weight excluding hydrogens is 481 g/mol. The van der Waals surface area contributed by atoms with Crippen LogP contribution in [-0.2, 0) is 27.5 Å². The zero-order chi connectivity index (χ0) is 25.0. The second-order valence-corrected chi connectivity index (χ2v) is 9.64. The maximum atomic E-state index is 13.1. The first-order chi connectivity index (χ1) is 15.2. The number of carbonyl (C=O) groups is 1. The number of alkyl halides is 3. The minimum absolute atomic E-state index is 0.0401. The van der Waals surface area contributed by atoms with Crippen molar-refractivity contribution in [3.8, 4) is 0 Å². The normalized spacial score (nSPS) is 12.8. The van der Waals surface area contributed by atoms with Gasteiger partial charge in [-0.25, -0.2) is 13.4 Å². The van der Waals surface area contributed by atoms with Crippen molar-refractivity contribution in [1.29, 1.82) is 5.41 Å². The summed E-state index contributed by atoms with van der Waals surface area (Å²) >= 11 is 6.11. The Kier molecular flexibility index (Phi) is 8.47. The average Bonchev–Trinajstić information content (AvgIpc) is 2.71. The lowest BCUT2D eigenvalue weighted by Crippen LogP contribution is -2.28. The van der Waals surface area contributed by atoms with Crippen molar-refractivity contribution in [3.05, 3.63) is 57.9 Å². The summed E-state index contributed by atoms with van der Waals surface area (Å²) in [6.07, 6.45) is -2.85. The summed E-state index contributed by atoms with van der Waals surface area (Å²) in [4.78, 5) is 16.3. The number of rotatable bonds is 9. The SMILES string of the molecule is CCCC(=N)c1nc(C(F)(F)F)ccc1CNC(=O)C(C)c1ccc(NS(C)(=O)=O)c(Cl)c1. The highest BCUT2D eigenvalue weighted by Gasteiger charge is 2.33. The van der Waals surface area contributed by atoms with E-state index in [1.807, 2.05) is 0 Å². The van der Waals surface area contributed by atoms with Crippen molar-refractivity contribution in [2.24, 2.45) is 0 Å². The van der Waals surface area contributed by atoms with Crippen molar-refractivity contribution in [2.75, 3.05) is 11.0 Å². The second-order valence-electron chi connectivity index (χ2n) is 7.48. The van der Waals surface area contributed by atoms with Crippen LogP contribution in [0.3, 0.4) is 0 Å². The molecule has 1 atom stereocenters. The quantitative estimate of drug-likeness (QED) is 0.429. The third kappa shape index (κ3) is 7.43. The Hall–Kier alpha value is -2.66. The third-order valence-electron chi connectivity index (χ3n) is 4.69. The first-order valence-corrected chi connectivity index (χ1v) is 12.2. The number of anilines is 1. The van der Waals surface area contributed by atoms with E-state index in [9.17, 15) is 26.4 Å². The molecule has 0 fully saturated rings. The molecule has 0 saturated carbocycles. The number of benzene rings is 1. The number of hydrogen-bond acceptors (Lipinski definition) is 5. The Balaban J connectivity index is 2.19. The average molecular weight is 505 g/mol. The summed E-state index contributed by atoms with van der Waals surface area (Å²) in [6, 6.07) is 6.48. The van der Waals surface area contributed by atoms with Gasteiger partial charge in [0.05, 0.1) is 34.3 Å². The van der Waals surface area contributed by atoms with E-state index < -0.39 is 33.7 Å². The molecule has 0 aliphatic carbocycles. The molecule has 180 valence electrons. The maximum absolute atomic E-state index is 13.1. The molecular formula is C21H24ClF3N4O3S. The highest BCUT2D eigenvalue weighted by molar-refractivity contribution is 7.92. The number of pyridine rings is 1. The number of carbonyl (C=O) groups excluding carboxylic acids is 1. The molecule has 0 saturated heterocycles. The van der Waals surface area contributed by atoms with Gasteiger partial charge in [-0.15, -0.1) is 0 Å². The predicted molar refractivity (Wildman–Crippen MR) is 121 cm³/mol. The van der Waals surface area contributed by atoms with Gasteiger partial charge in [-0.3, -0.25) is 9.52 Å². The van der Waals surface area contributed by atoms with E-state index in [1.165, 1.54) is 18.2 Å². The van der Waals surface area contributed by atoms with Crippen LogP contribution in [0.2, 0.25) is 5.02 Å². The van der Waals surface area contributed by atoms with Gasteiger partial charge in [0.25, 0.3) is 0 Å². The predicted octanol–water partition coefficient (Wildman–Crippen LogP) is 4.71. The summed E-state index contributed by atoms with van der Waals surface area (Å²) in [6.45, 7) is 3.29. The van der Waals surface area contributed by atoms with Gasteiger partial charge < -0.3 is 10.7 Å². The first-order valence-electron chi connectivity index (χ1n) is 9.92. The molecule has 1 aromatic heterocycles. The molecule has 7 nitrogen and oxygen atoms in total. The van der Waals surface area contributed by atoms with Gasteiger partial charge in [-0.2, -0.15) is 13.2 Å². The summed E-state index contributed by atoms with van der Waals surface area (Å²) in [5.74, 6) is -1.11. The Labute approximate surface area is 195 Å². The van der Waals surface area contributed by atoms with E-state index in [-0.39, 0.29) is 35.1 Å². The molecule has 0 radical (unpaired) electrons. The van der Waals surface area contributed by atoms with Gasteiger partial charge in [0, 0.05) is 6.54 Å². The number of nitrogens with zero attached hydrogens (tertiary/aromatic N) is 1. The van der Waals surface area contributed by atoms with E-state index in [1.54, 1.807) is 19.9 Å². The van der Waals surface area contributed by atoms with Crippen molar-refractivity contribution < 1.29 is 26.4 Å². The largest absolute Gasteiger partial charge is 0.433 e. The van der Waals surface area contributed by atoms with Crippen LogP contribution >= 0.6 is 11.6 Å². The Bertz CT molecular complexity index is 1150. The molecule has 0 aliphatic rings. The van der Waals surface area contributed by atoms with Crippen molar-refractivity contribution >= 4 is 38.9 Å². The molecule has 1 aromatic carbocycles. The third-order valence-corrected chi connectivity index (χ3v) is 5.59. The Morgan fingerprint density at radius 2 is 1.91 bits per heavy atom. The minimum Gasteiger partial charge on any atom is -0.351 e. The molecule has 33 heavy (non-hydrogen) atoms. The molecule has 1 unspecified atom stereocenters. The Morgan fingerprint density at radius 1 is 1.24 bits per heavy atom. The number of halogens is 4. The van der Waals surface area contributed by atoms with Crippen molar-refractivity contribution in [2.45, 2.75) is 45.3 Å². The van der Waals surface area contributed by atoms with Crippen LogP contribution in [0.15, 0.2) is 30.3 Å². The van der Waals surface area contributed by atoms with E-state index >= 15 is 0 Å². The molecule has 1 heterocycles. The molecule has 3 N–H and O–H groups in total. The van der Waals surface area contributed by atoms with Crippen LogP contribution in [0, 0.1) is 5.41 Å². The Morgan fingerprint density at radius 3 is 2.45 bits per heavy atom. The van der Waals surface area contributed by atoms with Gasteiger partial charge in [0.1, 0.15) is 5.69 Å².